The van der Waals surface area contributed by atoms with Crippen LogP contribution in [0.4, 0.5) is 5.82 Å². The van der Waals surface area contributed by atoms with Gasteiger partial charge < -0.3 is 9.88 Å². The summed E-state index contributed by atoms with van der Waals surface area (Å²) in [5.74, 6) is 0.0491. The van der Waals surface area contributed by atoms with Crippen LogP contribution in [0.25, 0.3) is 0 Å². The Bertz CT molecular complexity index is 610. The van der Waals surface area contributed by atoms with Gasteiger partial charge in [-0.3, -0.25) is 4.79 Å². The molecule has 19 heavy (non-hydrogen) atoms. The van der Waals surface area contributed by atoms with Gasteiger partial charge in [-0.2, -0.15) is 0 Å². The lowest BCUT2D eigenvalue weighted by Gasteiger charge is -2.12. The van der Waals surface area contributed by atoms with E-state index in [4.69, 9.17) is 23.2 Å². The van der Waals surface area contributed by atoms with Crippen molar-refractivity contribution in [2.24, 2.45) is 0 Å². The Balaban J connectivity index is 2.25. The first-order valence-electron chi connectivity index (χ1n) is 5.64. The molecule has 2 aromatic heterocycles. The number of hydrogen-bond acceptors (Lipinski definition) is 3. The molecule has 100 valence electrons. The molecule has 0 aliphatic heterocycles. The number of nitrogens with one attached hydrogen (secondary N) is 1. The summed E-state index contributed by atoms with van der Waals surface area (Å²) in [5.41, 5.74) is 0.467. The molecule has 1 N–H and O–H groups in total. The third-order valence-electron chi connectivity index (χ3n) is 2.47. The van der Waals surface area contributed by atoms with Crippen molar-refractivity contribution in [3.05, 3.63) is 40.5 Å². The number of rotatable bonds is 3. The van der Waals surface area contributed by atoms with Crippen LogP contribution in [0.1, 0.15) is 30.4 Å². The van der Waals surface area contributed by atoms with Gasteiger partial charge >= 0.3 is 0 Å². The van der Waals surface area contributed by atoms with Gasteiger partial charge in [-0.1, -0.05) is 11.6 Å². The number of anilines is 1. The molecular formula is C12H12Cl2N4O. The SMILES string of the molecule is CC(C)n1cc(Cl)cc1C(=O)Nc1ccnc(Cl)n1. The van der Waals surface area contributed by atoms with E-state index in [2.05, 4.69) is 15.3 Å². The van der Waals surface area contributed by atoms with Gasteiger partial charge in [-0.05, 0) is 37.6 Å². The van der Waals surface area contributed by atoms with E-state index in [-0.39, 0.29) is 17.2 Å². The summed E-state index contributed by atoms with van der Waals surface area (Å²) in [6.07, 6.45) is 3.19. The average Bonchev–Trinajstić information content (AvgIpc) is 2.71. The standard InChI is InChI=1S/C12H12Cl2N4O/c1-7(2)18-6-8(13)5-9(18)11(19)16-10-3-4-15-12(14)17-10/h3-7H,1-2H3,(H,15,16,17,19). The molecule has 0 aromatic carbocycles. The van der Waals surface area contributed by atoms with Gasteiger partial charge in [0, 0.05) is 18.4 Å². The largest absolute Gasteiger partial charge is 0.339 e. The molecule has 2 heterocycles. The zero-order valence-electron chi connectivity index (χ0n) is 10.4. The van der Waals surface area contributed by atoms with Crippen LogP contribution in [0.3, 0.4) is 0 Å². The van der Waals surface area contributed by atoms with Gasteiger partial charge in [-0.15, -0.1) is 0 Å². The van der Waals surface area contributed by atoms with Crippen LogP contribution in [0.15, 0.2) is 24.5 Å². The van der Waals surface area contributed by atoms with Crippen LogP contribution in [-0.4, -0.2) is 20.4 Å². The lowest BCUT2D eigenvalue weighted by atomic mass is 10.3. The predicted molar refractivity (Wildman–Crippen MR) is 74.8 cm³/mol. The van der Waals surface area contributed by atoms with E-state index in [0.29, 0.717) is 16.5 Å². The fourth-order valence-electron chi connectivity index (χ4n) is 1.64. The van der Waals surface area contributed by atoms with Gasteiger partial charge in [0.25, 0.3) is 5.91 Å². The Hall–Kier alpha value is -1.59. The molecule has 0 saturated heterocycles. The zero-order valence-corrected chi connectivity index (χ0v) is 11.9. The maximum atomic E-state index is 12.2. The smallest absolute Gasteiger partial charge is 0.273 e. The molecule has 0 radical (unpaired) electrons. The van der Waals surface area contributed by atoms with Crippen LogP contribution >= 0.6 is 23.2 Å². The zero-order chi connectivity index (χ0) is 14.0. The van der Waals surface area contributed by atoms with Crippen molar-refractivity contribution in [1.82, 2.24) is 14.5 Å². The van der Waals surface area contributed by atoms with E-state index < -0.39 is 0 Å². The number of carbonyl (C=O) groups is 1. The molecule has 0 saturated carbocycles. The molecule has 7 heteroatoms. The Morgan fingerprint density at radius 3 is 2.79 bits per heavy atom. The Morgan fingerprint density at radius 2 is 2.16 bits per heavy atom. The first-order valence-corrected chi connectivity index (χ1v) is 6.40. The number of carbonyl (C=O) groups excluding carboxylic acids is 1. The molecule has 0 bridgehead atoms. The molecule has 0 spiro atoms. The second-order valence-corrected chi connectivity index (χ2v) is 4.98. The fraction of sp³-hybridized carbons (Fsp3) is 0.250. The summed E-state index contributed by atoms with van der Waals surface area (Å²) in [6, 6.07) is 3.30. The summed E-state index contributed by atoms with van der Waals surface area (Å²) < 4.78 is 1.79. The first-order chi connectivity index (χ1) is 8.97. The highest BCUT2D eigenvalue weighted by Gasteiger charge is 2.15. The van der Waals surface area contributed by atoms with Crippen LogP contribution in [0.2, 0.25) is 10.3 Å². The number of aromatic nitrogens is 3. The Morgan fingerprint density at radius 1 is 1.42 bits per heavy atom. The predicted octanol–water partition coefficient (Wildman–Crippen LogP) is 3.42. The lowest BCUT2D eigenvalue weighted by molar-refractivity contribution is 0.101. The minimum Gasteiger partial charge on any atom is -0.339 e. The monoisotopic (exact) mass is 298 g/mol. The molecule has 2 aromatic rings. The van der Waals surface area contributed by atoms with Gasteiger partial charge in [0.05, 0.1) is 5.02 Å². The van der Waals surface area contributed by atoms with Crippen molar-refractivity contribution in [2.75, 3.05) is 5.32 Å². The number of nitrogens with zero attached hydrogens (tertiary/aromatic N) is 3. The molecule has 0 aliphatic carbocycles. The maximum absolute atomic E-state index is 12.2. The van der Waals surface area contributed by atoms with E-state index in [1.165, 1.54) is 6.20 Å². The molecule has 2 rings (SSSR count). The van der Waals surface area contributed by atoms with Crippen molar-refractivity contribution in [3.8, 4) is 0 Å². The van der Waals surface area contributed by atoms with Gasteiger partial charge in [0.2, 0.25) is 5.28 Å². The number of amides is 1. The van der Waals surface area contributed by atoms with E-state index in [1.54, 1.807) is 22.9 Å². The topological polar surface area (TPSA) is 59.8 Å². The van der Waals surface area contributed by atoms with Crippen LogP contribution in [0.5, 0.6) is 0 Å². The van der Waals surface area contributed by atoms with E-state index >= 15 is 0 Å². The van der Waals surface area contributed by atoms with Crippen LogP contribution in [0, 0.1) is 0 Å². The number of halogens is 2. The Labute approximate surface area is 120 Å². The summed E-state index contributed by atoms with van der Waals surface area (Å²) in [4.78, 5) is 19.8. The van der Waals surface area contributed by atoms with Crippen molar-refractivity contribution >= 4 is 34.9 Å². The Kier molecular flexibility index (Phi) is 4.07. The van der Waals surface area contributed by atoms with E-state index in [9.17, 15) is 4.79 Å². The summed E-state index contributed by atoms with van der Waals surface area (Å²) in [5, 5.41) is 3.25. The second-order valence-electron chi connectivity index (χ2n) is 4.21. The fourth-order valence-corrected chi connectivity index (χ4v) is 2.00. The minimum atomic E-state index is -0.296. The van der Waals surface area contributed by atoms with Gasteiger partial charge in [-0.25, -0.2) is 9.97 Å². The highest BCUT2D eigenvalue weighted by atomic mass is 35.5. The van der Waals surface area contributed by atoms with Crippen molar-refractivity contribution in [3.63, 3.8) is 0 Å². The maximum Gasteiger partial charge on any atom is 0.273 e. The van der Waals surface area contributed by atoms with Gasteiger partial charge in [0.15, 0.2) is 0 Å². The quantitative estimate of drug-likeness (QED) is 0.883. The third-order valence-corrected chi connectivity index (χ3v) is 2.86. The molecular weight excluding hydrogens is 287 g/mol. The van der Waals surface area contributed by atoms with E-state index in [0.717, 1.165) is 0 Å². The van der Waals surface area contributed by atoms with Crippen molar-refractivity contribution in [2.45, 2.75) is 19.9 Å². The second kappa shape index (κ2) is 5.59. The van der Waals surface area contributed by atoms with Crippen LogP contribution in [-0.2, 0) is 0 Å². The highest BCUT2D eigenvalue weighted by Crippen LogP contribution is 2.19. The molecule has 0 fully saturated rings. The molecule has 0 atom stereocenters. The molecule has 5 nitrogen and oxygen atoms in total. The molecule has 0 unspecified atom stereocenters. The number of hydrogen-bond donors (Lipinski definition) is 1. The lowest BCUT2D eigenvalue weighted by Crippen LogP contribution is -2.18. The van der Waals surface area contributed by atoms with E-state index in [1.807, 2.05) is 13.8 Å². The molecule has 0 aliphatic rings. The summed E-state index contributed by atoms with van der Waals surface area (Å²) in [6.45, 7) is 3.93. The first kappa shape index (κ1) is 13.8. The van der Waals surface area contributed by atoms with Crippen LogP contribution < -0.4 is 5.32 Å². The highest BCUT2D eigenvalue weighted by molar-refractivity contribution is 6.31. The third kappa shape index (κ3) is 3.24. The summed E-state index contributed by atoms with van der Waals surface area (Å²) >= 11 is 11.6. The normalized spacial score (nSPS) is 10.8. The minimum absolute atomic E-state index is 0.0788. The van der Waals surface area contributed by atoms with Crippen molar-refractivity contribution < 1.29 is 4.79 Å². The van der Waals surface area contributed by atoms with Gasteiger partial charge in [0.1, 0.15) is 11.5 Å². The summed E-state index contributed by atoms with van der Waals surface area (Å²) in [7, 11) is 0. The average molecular weight is 299 g/mol. The van der Waals surface area contributed by atoms with Crippen molar-refractivity contribution in [1.29, 1.82) is 0 Å². The molecule has 1 amide bonds.